The van der Waals surface area contributed by atoms with Crippen molar-refractivity contribution in [3.8, 4) is 44.5 Å². The molecule has 12 rings (SSSR count). The molecule has 0 saturated carbocycles. The first kappa shape index (κ1) is 35.2. The second kappa shape index (κ2) is 14.5. The monoisotopic (exact) mass is 795 g/mol. The largest absolute Gasteiger partial charge is 0.455 e. The fourth-order valence-corrected chi connectivity index (χ4v) is 10.3. The van der Waals surface area contributed by atoms with Crippen molar-refractivity contribution < 1.29 is 4.42 Å². The van der Waals surface area contributed by atoms with Gasteiger partial charge in [0, 0.05) is 53.4 Å². The first-order valence-corrected chi connectivity index (χ1v) is 21.6. The molecule has 0 bridgehead atoms. The number of furan rings is 1. The highest BCUT2D eigenvalue weighted by Gasteiger charge is 2.21. The Morgan fingerprint density at radius 1 is 0.328 bits per heavy atom. The molecule has 0 radical (unpaired) electrons. The van der Waals surface area contributed by atoms with E-state index in [2.05, 4.69) is 223 Å². The molecule has 0 amide bonds. The van der Waals surface area contributed by atoms with E-state index >= 15 is 0 Å². The van der Waals surface area contributed by atoms with Crippen molar-refractivity contribution in [3.63, 3.8) is 0 Å². The number of para-hydroxylation sites is 3. The van der Waals surface area contributed by atoms with Gasteiger partial charge in [0.25, 0.3) is 0 Å². The third-order valence-corrected chi connectivity index (χ3v) is 13.2. The summed E-state index contributed by atoms with van der Waals surface area (Å²) in [4.78, 5) is 2.40. The van der Waals surface area contributed by atoms with Crippen molar-refractivity contribution in [1.82, 2.24) is 0 Å². The SMILES string of the molecule is c1cc(-c2cccc(N(c3ccc(-c4ccc5c(c4)sc4ccccc45)cc3)c3ccccc3-c3cccc4c3oc3ccccc34)c2)cc(-c2cccc3ccccc23)c1. The molecule has 10 aromatic carbocycles. The zero-order valence-corrected chi connectivity index (χ0v) is 33.9. The molecule has 0 N–H and O–H groups in total. The Balaban J connectivity index is 1.00. The van der Waals surface area contributed by atoms with E-state index in [1.807, 2.05) is 17.4 Å². The molecule has 0 unspecified atom stereocenters. The number of hydrogen-bond donors (Lipinski definition) is 0. The second-order valence-electron chi connectivity index (χ2n) is 15.6. The van der Waals surface area contributed by atoms with Crippen LogP contribution in [0.5, 0.6) is 0 Å². The molecule has 0 aliphatic rings. The van der Waals surface area contributed by atoms with Gasteiger partial charge in [-0.1, -0.05) is 170 Å². The van der Waals surface area contributed by atoms with Crippen LogP contribution in [-0.2, 0) is 0 Å². The Kier molecular flexibility index (Phi) is 8.39. The Morgan fingerprint density at radius 3 is 1.85 bits per heavy atom. The molecule has 0 aliphatic carbocycles. The fraction of sp³-hybridized carbons (Fsp3) is 0. The van der Waals surface area contributed by atoms with Crippen molar-refractivity contribution in [1.29, 1.82) is 0 Å². The first-order valence-electron chi connectivity index (χ1n) is 20.7. The van der Waals surface area contributed by atoms with E-state index in [1.165, 1.54) is 58.8 Å². The topological polar surface area (TPSA) is 16.4 Å². The summed E-state index contributed by atoms with van der Waals surface area (Å²) in [5.74, 6) is 0. The quantitative estimate of drug-likeness (QED) is 0.160. The van der Waals surface area contributed by atoms with E-state index < -0.39 is 0 Å². The van der Waals surface area contributed by atoms with Crippen molar-refractivity contribution in [2.45, 2.75) is 0 Å². The third-order valence-electron chi connectivity index (χ3n) is 12.1. The van der Waals surface area contributed by atoms with Crippen LogP contribution >= 0.6 is 11.3 Å². The van der Waals surface area contributed by atoms with Gasteiger partial charge in [-0.25, -0.2) is 0 Å². The average molecular weight is 796 g/mol. The van der Waals surface area contributed by atoms with Gasteiger partial charge in [0.2, 0.25) is 0 Å². The molecule has 0 fully saturated rings. The molecule has 0 spiro atoms. The van der Waals surface area contributed by atoms with Crippen molar-refractivity contribution in [2.75, 3.05) is 4.90 Å². The predicted octanol–water partition coefficient (Wildman–Crippen LogP) is 17.2. The molecule has 3 heteroatoms. The van der Waals surface area contributed by atoms with Gasteiger partial charge in [-0.3, -0.25) is 0 Å². The van der Waals surface area contributed by atoms with Crippen molar-refractivity contribution in [3.05, 3.63) is 224 Å². The molecule has 286 valence electrons. The van der Waals surface area contributed by atoms with Crippen LogP contribution in [0.4, 0.5) is 17.1 Å². The molecule has 2 heterocycles. The number of hydrogen-bond acceptors (Lipinski definition) is 3. The van der Waals surface area contributed by atoms with Gasteiger partial charge in [0.05, 0.1) is 5.69 Å². The second-order valence-corrected chi connectivity index (χ2v) is 16.7. The number of anilines is 3. The summed E-state index contributed by atoms with van der Waals surface area (Å²) in [5, 5.41) is 7.36. The minimum absolute atomic E-state index is 0.891. The van der Waals surface area contributed by atoms with E-state index in [0.29, 0.717) is 0 Å². The number of benzene rings is 10. The van der Waals surface area contributed by atoms with Crippen LogP contribution in [0.15, 0.2) is 229 Å². The van der Waals surface area contributed by atoms with Crippen LogP contribution in [0.25, 0.3) is 97.4 Å². The third kappa shape index (κ3) is 6.09. The lowest BCUT2D eigenvalue weighted by atomic mass is 9.95. The maximum atomic E-state index is 6.63. The summed E-state index contributed by atoms with van der Waals surface area (Å²) in [6.45, 7) is 0. The van der Waals surface area contributed by atoms with Gasteiger partial charge < -0.3 is 9.32 Å². The zero-order chi connectivity index (χ0) is 40.3. The molecule has 0 atom stereocenters. The number of fused-ring (bicyclic) bond motifs is 7. The normalized spacial score (nSPS) is 11.6. The van der Waals surface area contributed by atoms with Gasteiger partial charge in [0.15, 0.2) is 0 Å². The Bertz CT molecular complexity index is 3610. The molecular formula is C58H37NOS. The molecule has 12 aromatic rings. The number of rotatable bonds is 7. The summed E-state index contributed by atoms with van der Waals surface area (Å²) in [5.41, 5.74) is 14.3. The number of thiophene rings is 1. The Morgan fingerprint density at radius 2 is 0.934 bits per heavy atom. The molecule has 0 saturated heterocycles. The molecule has 2 aromatic heterocycles. The molecule has 0 aliphatic heterocycles. The fourth-order valence-electron chi connectivity index (χ4n) is 9.16. The van der Waals surface area contributed by atoms with Crippen molar-refractivity contribution >= 4 is 81.3 Å². The van der Waals surface area contributed by atoms with Crippen LogP contribution in [-0.4, -0.2) is 0 Å². The van der Waals surface area contributed by atoms with E-state index in [0.717, 1.165) is 55.7 Å². The van der Waals surface area contributed by atoms with Crippen LogP contribution in [0.3, 0.4) is 0 Å². The molecule has 2 nitrogen and oxygen atoms in total. The predicted molar refractivity (Wildman–Crippen MR) is 261 cm³/mol. The Hall–Kier alpha value is -7.72. The van der Waals surface area contributed by atoms with Crippen LogP contribution in [0, 0.1) is 0 Å². The molecular weight excluding hydrogens is 759 g/mol. The van der Waals surface area contributed by atoms with Gasteiger partial charge in [-0.15, -0.1) is 11.3 Å². The van der Waals surface area contributed by atoms with E-state index in [-0.39, 0.29) is 0 Å². The lowest BCUT2D eigenvalue weighted by Crippen LogP contribution is -2.11. The van der Waals surface area contributed by atoms with Gasteiger partial charge in [-0.2, -0.15) is 0 Å². The summed E-state index contributed by atoms with van der Waals surface area (Å²) in [6.07, 6.45) is 0. The maximum Gasteiger partial charge on any atom is 0.143 e. The first-order chi connectivity index (χ1) is 30.2. The lowest BCUT2D eigenvalue weighted by molar-refractivity contribution is 0.670. The van der Waals surface area contributed by atoms with E-state index in [4.69, 9.17) is 4.42 Å². The summed E-state index contributed by atoms with van der Waals surface area (Å²) in [7, 11) is 0. The zero-order valence-electron chi connectivity index (χ0n) is 33.1. The highest BCUT2D eigenvalue weighted by atomic mass is 32.1. The lowest BCUT2D eigenvalue weighted by Gasteiger charge is -2.28. The Labute approximate surface area is 357 Å². The van der Waals surface area contributed by atoms with Crippen molar-refractivity contribution in [2.24, 2.45) is 0 Å². The number of nitrogens with zero attached hydrogens (tertiary/aromatic N) is 1. The smallest absolute Gasteiger partial charge is 0.143 e. The van der Waals surface area contributed by atoms with Crippen LogP contribution in [0.2, 0.25) is 0 Å². The minimum Gasteiger partial charge on any atom is -0.455 e. The standard InChI is InChI=1S/C58H37NOS/c1-2-19-46-39(13-1)14-11-23-47(46)43-17-9-15-40(35-43)41-16-10-18-45(36-41)59(44-32-29-38(30-33-44)42-31-34-51-50-22-5-8-28-56(50)61-57(51)37-42)54-26-6-3-20-48(54)52-24-12-25-53-49-21-4-7-27-55(49)60-58(52)53/h1-37H. The maximum absolute atomic E-state index is 6.63. The highest BCUT2D eigenvalue weighted by Crippen LogP contribution is 2.46. The molecule has 61 heavy (non-hydrogen) atoms. The minimum atomic E-state index is 0.891. The van der Waals surface area contributed by atoms with Gasteiger partial charge >= 0.3 is 0 Å². The van der Waals surface area contributed by atoms with Crippen LogP contribution in [0.1, 0.15) is 0 Å². The summed E-state index contributed by atoms with van der Waals surface area (Å²) < 4.78 is 9.26. The summed E-state index contributed by atoms with van der Waals surface area (Å²) in [6, 6.07) is 81.2. The van der Waals surface area contributed by atoms with Gasteiger partial charge in [-0.05, 0) is 98.8 Å². The average Bonchev–Trinajstić information content (AvgIpc) is 3.90. The summed E-state index contributed by atoms with van der Waals surface area (Å²) >= 11 is 1.86. The van der Waals surface area contributed by atoms with Gasteiger partial charge in [0.1, 0.15) is 11.2 Å². The van der Waals surface area contributed by atoms with Crippen LogP contribution < -0.4 is 4.90 Å². The van der Waals surface area contributed by atoms with E-state index in [9.17, 15) is 0 Å². The van der Waals surface area contributed by atoms with E-state index in [1.54, 1.807) is 0 Å². The highest BCUT2D eigenvalue weighted by molar-refractivity contribution is 7.25.